The van der Waals surface area contributed by atoms with Crippen LogP contribution in [-0.4, -0.2) is 46.0 Å². The van der Waals surface area contributed by atoms with Crippen molar-refractivity contribution < 1.29 is 22.7 Å². The van der Waals surface area contributed by atoms with Crippen molar-refractivity contribution in [3.63, 3.8) is 0 Å². The second-order valence-corrected chi connectivity index (χ2v) is 12.4. The standard InChI is InChI=1S/C25H34N6O5S/c1-16-5-11-19(12-6-16)37(34,35)31-14-13-20-22(31)26-15-21(28-20)29-30-23(32)17-7-9-18(10-8-17)27-24(33)36-25(2,3)4/h5,11,13-15,17-18H,6-10,12H2,1-4H3,(H,27,33)(H,28,29)(H,30,32). The Morgan fingerprint density at radius 3 is 2.49 bits per heavy atom. The first-order chi connectivity index (χ1) is 17.4. The van der Waals surface area contributed by atoms with Gasteiger partial charge >= 0.3 is 6.09 Å². The second-order valence-electron chi connectivity index (χ2n) is 10.5. The molecular formula is C25H34N6O5S. The number of ether oxygens (including phenoxy) is 1. The van der Waals surface area contributed by atoms with E-state index in [9.17, 15) is 18.0 Å². The number of rotatable bonds is 6. The van der Waals surface area contributed by atoms with Crippen LogP contribution in [0.25, 0.3) is 11.2 Å². The van der Waals surface area contributed by atoms with Crippen molar-refractivity contribution in [1.82, 2.24) is 24.7 Å². The molecule has 0 spiro atoms. The van der Waals surface area contributed by atoms with Gasteiger partial charge < -0.3 is 10.1 Å². The summed E-state index contributed by atoms with van der Waals surface area (Å²) in [6, 6.07) is 1.56. The average molecular weight is 531 g/mol. The summed E-state index contributed by atoms with van der Waals surface area (Å²) >= 11 is 0. The molecule has 0 saturated heterocycles. The van der Waals surface area contributed by atoms with Crippen LogP contribution >= 0.6 is 0 Å². The third-order valence-electron chi connectivity index (χ3n) is 6.40. The molecule has 0 radical (unpaired) electrons. The molecule has 1 saturated carbocycles. The van der Waals surface area contributed by atoms with Crippen molar-refractivity contribution in [3.05, 3.63) is 41.1 Å². The second kappa shape index (κ2) is 10.5. The lowest BCUT2D eigenvalue weighted by molar-refractivity contribution is -0.125. The van der Waals surface area contributed by atoms with Crippen LogP contribution in [-0.2, 0) is 19.6 Å². The van der Waals surface area contributed by atoms with Gasteiger partial charge in [-0.25, -0.2) is 27.2 Å². The molecule has 11 nitrogen and oxygen atoms in total. The molecule has 1 fully saturated rings. The summed E-state index contributed by atoms with van der Waals surface area (Å²) in [5, 5.41) is 2.87. The number of nitrogens with zero attached hydrogens (tertiary/aromatic N) is 3. The first-order valence-electron chi connectivity index (χ1n) is 12.4. The SMILES string of the molecule is CC1=CC=C(S(=O)(=O)n2ccc3nc(NNC(=O)C4CCC(NC(=O)OC(C)(C)C)CC4)cnc32)CC1. The van der Waals surface area contributed by atoms with Gasteiger partial charge in [-0.3, -0.25) is 15.6 Å². The number of hydrogen-bond acceptors (Lipinski definition) is 8. The van der Waals surface area contributed by atoms with E-state index < -0.39 is 21.7 Å². The summed E-state index contributed by atoms with van der Waals surface area (Å²) in [6.07, 6.45) is 9.60. The minimum absolute atomic E-state index is 0.0233. The Bertz CT molecular complexity index is 1350. The maximum atomic E-state index is 13.1. The highest BCUT2D eigenvalue weighted by molar-refractivity contribution is 7.93. The van der Waals surface area contributed by atoms with Crippen molar-refractivity contribution in [2.75, 3.05) is 5.43 Å². The van der Waals surface area contributed by atoms with Crippen LogP contribution in [0.3, 0.4) is 0 Å². The van der Waals surface area contributed by atoms with Gasteiger partial charge in [0.2, 0.25) is 5.91 Å². The van der Waals surface area contributed by atoms with Crippen LogP contribution in [0.4, 0.5) is 10.6 Å². The summed E-state index contributed by atoms with van der Waals surface area (Å²) in [4.78, 5) is 33.6. The molecule has 2 heterocycles. The zero-order valence-corrected chi connectivity index (χ0v) is 22.4. The minimum atomic E-state index is -3.74. The number of aromatic nitrogens is 3. The Hall–Kier alpha value is -3.41. The van der Waals surface area contributed by atoms with Crippen LogP contribution in [0.5, 0.6) is 0 Å². The molecule has 0 unspecified atom stereocenters. The Balaban J connectivity index is 1.32. The first-order valence-corrected chi connectivity index (χ1v) is 13.9. The van der Waals surface area contributed by atoms with Crippen LogP contribution in [0.1, 0.15) is 66.2 Å². The number of carbonyl (C=O) groups excluding carboxylic acids is 2. The Morgan fingerprint density at radius 2 is 1.84 bits per heavy atom. The molecule has 2 aliphatic carbocycles. The Kier molecular flexibility index (Phi) is 7.58. The van der Waals surface area contributed by atoms with Gasteiger partial charge in [0.25, 0.3) is 10.0 Å². The maximum absolute atomic E-state index is 13.1. The molecule has 0 aromatic carbocycles. The lowest BCUT2D eigenvalue weighted by atomic mass is 9.85. The molecule has 2 aromatic rings. The summed E-state index contributed by atoms with van der Waals surface area (Å²) in [5.74, 6) is -0.0781. The molecule has 0 bridgehead atoms. The van der Waals surface area contributed by atoms with Gasteiger partial charge in [-0.2, -0.15) is 0 Å². The van der Waals surface area contributed by atoms with Crippen molar-refractivity contribution in [1.29, 1.82) is 0 Å². The molecule has 37 heavy (non-hydrogen) atoms. The number of anilines is 1. The largest absolute Gasteiger partial charge is 0.444 e. The van der Waals surface area contributed by atoms with Gasteiger partial charge in [-0.15, -0.1) is 0 Å². The van der Waals surface area contributed by atoms with Crippen LogP contribution in [0.15, 0.2) is 41.1 Å². The van der Waals surface area contributed by atoms with E-state index in [1.807, 2.05) is 33.8 Å². The molecule has 3 N–H and O–H groups in total. The number of fused-ring (bicyclic) bond motifs is 1. The number of carbonyl (C=O) groups is 2. The van der Waals surface area contributed by atoms with Gasteiger partial charge in [0, 0.05) is 18.2 Å². The predicted molar refractivity (Wildman–Crippen MR) is 140 cm³/mol. The van der Waals surface area contributed by atoms with Crippen LogP contribution in [0.2, 0.25) is 0 Å². The van der Waals surface area contributed by atoms with E-state index in [2.05, 4.69) is 26.1 Å². The summed E-state index contributed by atoms with van der Waals surface area (Å²) < 4.78 is 32.6. The first kappa shape index (κ1) is 26.6. The van der Waals surface area contributed by atoms with E-state index in [0.29, 0.717) is 54.8 Å². The fourth-order valence-corrected chi connectivity index (χ4v) is 5.85. The number of nitrogens with one attached hydrogen (secondary N) is 3. The third kappa shape index (κ3) is 6.48. The highest BCUT2D eigenvalue weighted by Crippen LogP contribution is 2.27. The lowest BCUT2D eigenvalue weighted by Gasteiger charge is -2.29. The van der Waals surface area contributed by atoms with E-state index in [1.165, 1.54) is 12.4 Å². The lowest BCUT2D eigenvalue weighted by Crippen LogP contribution is -2.43. The molecule has 0 atom stereocenters. The van der Waals surface area contributed by atoms with E-state index in [1.54, 1.807) is 12.1 Å². The molecule has 2 aromatic heterocycles. The van der Waals surface area contributed by atoms with Gasteiger partial charge in [0.15, 0.2) is 11.5 Å². The van der Waals surface area contributed by atoms with Gasteiger partial charge in [-0.1, -0.05) is 11.6 Å². The maximum Gasteiger partial charge on any atom is 0.407 e. The van der Waals surface area contributed by atoms with Crippen molar-refractivity contribution in [2.24, 2.45) is 5.92 Å². The molecule has 200 valence electrons. The summed E-state index contributed by atoms with van der Waals surface area (Å²) in [7, 11) is -3.74. The van der Waals surface area contributed by atoms with Gasteiger partial charge in [-0.05, 0) is 78.4 Å². The zero-order chi connectivity index (χ0) is 26.8. The van der Waals surface area contributed by atoms with Crippen molar-refractivity contribution >= 4 is 39.0 Å². The third-order valence-corrected chi connectivity index (χ3v) is 8.21. The number of amides is 2. The van der Waals surface area contributed by atoms with E-state index in [-0.39, 0.29) is 23.5 Å². The molecule has 2 amide bonds. The highest BCUT2D eigenvalue weighted by atomic mass is 32.2. The Labute approximate surface area is 216 Å². The minimum Gasteiger partial charge on any atom is -0.444 e. The number of allylic oxidation sites excluding steroid dienone is 4. The van der Waals surface area contributed by atoms with Crippen molar-refractivity contribution in [3.8, 4) is 0 Å². The number of hydrogen-bond donors (Lipinski definition) is 3. The summed E-state index contributed by atoms with van der Waals surface area (Å²) in [6.45, 7) is 7.41. The smallest absolute Gasteiger partial charge is 0.407 e. The van der Waals surface area contributed by atoms with Crippen molar-refractivity contribution in [2.45, 2.75) is 77.9 Å². The zero-order valence-electron chi connectivity index (χ0n) is 21.6. The number of alkyl carbamates (subject to hydrolysis) is 1. The summed E-state index contributed by atoms with van der Waals surface area (Å²) in [5.41, 5.74) is 6.64. The molecule has 4 rings (SSSR count). The van der Waals surface area contributed by atoms with E-state index in [0.717, 1.165) is 9.55 Å². The fraction of sp³-hybridized carbons (Fsp3) is 0.520. The highest BCUT2D eigenvalue weighted by Gasteiger charge is 2.29. The monoisotopic (exact) mass is 530 g/mol. The van der Waals surface area contributed by atoms with E-state index >= 15 is 0 Å². The van der Waals surface area contributed by atoms with E-state index in [4.69, 9.17) is 4.74 Å². The Morgan fingerprint density at radius 1 is 1.11 bits per heavy atom. The molecule has 12 heteroatoms. The van der Waals surface area contributed by atoms with Crippen LogP contribution < -0.4 is 16.2 Å². The van der Waals surface area contributed by atoms with Crippen LogP contribution in [0, 0.1) is 5.92 Å². The molecular weight excluding hydrogens is 496 g/mol. The fourth-order valence-electron chi connectivity index (χ4n) is 4.41. The average Bonchev–Trinajstić information content (AvgIpc) is 3.26. The predicted octanol–water partition coefficient (Wildman–Crippen LogP) is 3.76. The molecule has 0 aliphatic heterocycles. The van der Waals surface area contributed by atoms with Gasteiger partial charge in [0.05, 0.1) is 11.1 Å². The normalized spacial score (nSPS) is 20.5. The molecule has 2 aliphatic rings. The quantitative estimate of drug-likeness (QED) is 0.479. The topological polar surface area (TPSA) is 144 Å². The van der Waals surface area contributed by atoms with Gasteiger partial charge in [0.1, 0.15) is 11.1 Å². The number of hydrazine groups is 1.